The number of piperazine rings is 1. The van der Waals surface area contributed by atoms with Crippen molar-refractivity contribution in [3.05, 3.63) is 0 Å². The predicted molar refractivity (Wildman–Crippen MR) is 77.3 cm³/mol. The zero-order valence-electron chi connectivity index (χ0n) is 11.5. The van der Waals surface area contributed by atoms with Gasteiger partial charge in [0.15, 0.2) is 0 Å². The lowest BCUT2D eigenvalue weighted by molar-refractivity contribution is -0.112. The summed E-state index contributed by atoms with van der Waals surface area (Å²) in [5, 5.41) is 3.55. The molecule has 3 nitrogen and oxygen atoms in total. The van der Waals surface area contributed by atoms with E-state index in [1.165, 1.54) is 50.3 Å². The van der Waals surface area contributed by atoms with Crippen molar-refractivity contribution in [2.75, 3.05) is 37.7 Å². The first-order valence-electron chi connectivity index (χ1n) is 7.47. The van der Waals surface area contributed by atoms with E-state index in [2.05, 4.69) is 28.9 Å². The number of ether oxygens (including phenoxy) is 1. The van der Waals surface area contributed by atoms with Crippen molar-refractivity contribution >= 4 is 11.8 Å². The fourth-order valence-electron chi connectivity index (χ4n) is 3.70. The van der Waals surface area contributed by atoms with E-state index < -0.39 is 0 Å². The standard InChI is InChI=1S/C14H26N2OS/c1-12-11-16(6-5-15-12)13-2-7-17-14(10-13)3-8-18-9-4-14/h12-13,15H,2-11H2,1H3/t12-,13?/m1/s1. The van der Waals surface area contributed by atoms with Crippen molar-refractivity contribution in [1.82, 2.24) is 10.2 Å². The van der Waals surface area contributed by atoms with E-state index in [1.807, 2.05) is 0 Å². The van der Waals surface area contributed by atoms with Crippen LogP contribution in [0.4, 0.5) is 0 Å². The van der Waals surface area contributed by atoms with Crippen molar-refractivity contribution in [1.29, 1.82) is 0 Å². The normalized spacial score (nSPS) is 37.8. The van der Waals surface area contributed by atoms with Gasteiger partial charge in [0.25, 0.3) is 0 Å². The SMILES string of the molecule is C[C@@H]1CN(C2CCOC3(CCSCC3)C2)CCN1. The molecule has 0 aromatic carbocycles. The van der Waals surface area contributed by atoms with Crippen molar-refractivity contribution in [3.8, 4) is 0 Å². The van der Waals surface area contributed by atoms with E-state index in [-0.39, 0.29) is 5.60 Å². The highest BCUT2D eigenvalue weighted by Gasteiger charge is 2.40. The Morgan fingerprint density at radius 2 is 2.17 bits per heavy atom. The minimum atomic E-state index is 0.238. The number of nitrogens with zero attached hydrogens (tertiary/aromatic N) is 1. The molecule has 1 N–H and O–H groups in total. The van der Waals surface area contributed by atoms with Crippen molar-refractivity contribution in [2.24, 2.45) is 0 Å². The summed E-state index contributed by atoms with van der Waals surface area (Å²) in [5.41, 5.74) is 0.238. The summed E-state index contributed by atoms with van der Waals surface area (Å²) in [6, 6.07) is 1.42. The minimum absolute atomic E-state index is 0.238. The second-order valence-electron chi connectivity index (χ2n) is 6.14. The van der Waals surface area contributed by atoms with E-state index in [9.17, 15) is 0 Å². The van der Waals surface area contributed by atoms with Crippen LogP contribution in [0.25, 0.3) is 0 Å². The van der Waals surface area contributed by atoms with Crippen LogP contribution in [0.15, 0.2) is 0 Å². The zero-order valence-corrected chi connectivity index (χ0v) is 12.3. The molecule has 18 heavy (non-hydrogen) atoms. The molecule has 4 heteroatoms. The highest BCUT2D eigenvalue weighted by molar-refractivity contribution is 7.99. The Morgan fingerprint density at radius 1 is 1.33 bits per heavy atom. The lowest BCUT2D eigenvalue weighted by Gasteiger charge is -2.48. The Labute approximate surface area is 115 Å². The maximum Gasteiger partial charge on any atom is 0.0713 e. The van der Waals surface area contributed by atoms with Crippen molar-refractivity contribution in [2.45, 2.75) is 50.3 Å². The second kappa shape index (κ2) is 5.70. The third-order valence-electron chi connectivity index (χ3n) is 4.79. The van der Waals surface area contributed by atoms with E-state index in [0.717, 1.165) is 19.2 Å². The minimum Gasteiger partial charge on any atom is -0.375 e. The van der Waals surface area contributed by atoms with Gasteiger partial charge in [0.2, 0.25) is 0 Å². The van der Waals surface area contributed by atoms with Gasteiger partial charge in [0, 0.05) is 38.3 Å². The molecule has 3 aliphatic heterocycles. The summed E-state index contributed by atoms with van der Waals surface area (Å²) in [7, 11) is 0. The van der Waals surface area contributed by atoms with Gasteiger partial charge in [0.1, 0.15) is 0 Å². The first kappa shape index (κ1) is 13.2. The Morgan fingerprint density at radius 3 is 2.94 bits per heavy atom. The van der Waals surface area contributed by atoms with Gasteiger partial charge in [-0.15, -0.1) is 0 Å². The first-order valence-corrected chi connectivity index (χ1v) is 8.62. The summed E-state index contributed by atoms with van der Waals surface area (Å²) in [5.74, 6) is 2.59. The molecule has 3 fully saturated rings. The molecule has 0 saturated carbocycles. The quantitative estimate of drug-likeness (QED) is 0.784. The molecule has 3 aliphatic rings. The number of thioether (sulfide) groups is 1. The molecule has 0 bridgehead atoms. The van der Waals surface area contributed by atoms with Gasteiger partial charge in [0.05, 0.1) is 5.60 Å². The molecule has 3 rings (SSSR count). The third-order valence-corrected chi connectivity index (χ3v) is 5.77. The van der Waals surface area contributed by atoms with E-state index in [0.29, 0.717) is 6.04 Å². The van der Waals surface area contributed by atoms with Crippen LogP contribution in [0.5, 0.6) is 0 Å². The number of nitrogens with one attached hydrogen (secondary N) is 1. The molecule has 0 aromatic rings. The van der Waals surface area contributed by atoms with Crippen LogP contribution in [0.2, 0.25) is 0 Å². The van der Waals surface area contributed by atoms with Crippen LogP contribution in [-0.4, -0.2) is 60.3 Å². The average molecular weight is 270 g/mol. The van der Waals surface area contributed by atoms with Gasteiger partial charge in [-0.1, -0.05) is 0 Å². The summed E-state index contributed by atoms with van der Waals surface area (Å²) in [6.07, 6.45) is 5.06. The van der Waals surface area contributed by atoms with Gasteiger partial charge < -0.3 is 10.1 Å². The lowest BCUT2D eigenvalue weighted by atomic mass is 9.84. The molecule has 3 saturated heterocycles. The second-order valence-corrected chi connectivity index (χ2v) is 7.37. The smallest absolute Gasteiger partial charge is 0.0713 e. The number of rotatable bonds is 1. The predicted octanol–water partition coefficient (Wildman–Crippen LogP) is 1.72. The van der Waals surface area contributed by atoms with Crippen LogP contribution in [-0.2, 0) is 4.74 Å². The van der Waals surface area contributed by atoms with Crippen molar-refractivity contribution < 1.29 is 4.74 Å². The number of hydrogen-bond acceptors (Lipinski definition) is 4. The molecule has 0 radical (unpaired) electrons. The molecule has 0 aliphatic carbocycles. The molecule has 0 amide bonds. The van der Waals surface area contributed by atoms with Crippen LogP contribution in [0.3, 0.4) is 0 Å². The maximum absolute atomic E-state index is 6.20. The first-order chi connectivity index (χ1) is 8.77. The summed E-state index contributed by atoms with van der Waals surface area (Å²) in [6.45, 7) is 6.88. The molecule has 0 aromatic heterocycles. The monoisotopic (exact) mass is 270 g/mol. The average Bonchev–Trinajstić information content (AvgIpc) is 2.40. The van der Waals surface area contributed by atoms with Gasteiger partial charge in [-0.2, -0.15) is 11.8 Å². The van der Waals surface area contributed by atoms with Gasteiger partial charge in [-0.25, -0.2) is 0 Å². The Balaban J connectivity index is 1.62. The van der Waals surface area contributed by atoms with Crippen LogP contribution in [0, 0.1) is 0 Å². The molecular weight excluding hydrogens is 244 g/mol. The zero-order chi connectivity index (χ0) is 12.4. The maximum atomic E-state index is 6.20. The summed E-state index contributed by atoms with van der Waals surface area (Å²) in [4.78, 5) is 2.72. The molecule has 3 heterocycles. The van der Waals surface area contributed by atoms with Crippen LogP contribution in [0.1, 0.15) is 32.6 Å². The van der Waals surface area contributed by atoms with Crippen LogP contribution >= 0.6 is 11.8 Å². The Hall–Kier alpha value is 0.230. The topological polar surface area (TPSA) is 24.5 Å². The van der Waals surface area contributed by atoms with Gasteiger partial charge in [-0.3, -0.25) is 4.90 Å². The third kappa shape index (κ3) is 2.87. The highest BCUT2D eigenvalue weighted by Crippen LogP contribution is 2.38. The van der Waals surface area contributed by atoms with Gasteiger partial charge in [-0.05, 0) is 44.1 Å². The molecule has 2 atom stereocenters. The Bertz CT molecular complexity index is 275. The van der Waals surface area contributed by atoms with Crippen molar-refractivity contribution in [3.63, 3.8) is 0 Å². The summed E-state index contributed by atoms with van der Waals surface area (Å²) >= 11 is 2.10. The lowest BCUT2D eigenvalue weighted by Crippen LogP contribution is -2.57. The Kier molecular flexibility index (Phi) is 4.18. The molecule has 1 spiro atoms. The summed E-state index contributed by atoms with van der Waals surface area (Å²) < 4.78 is 6.20. The van der Waals surface area contributed by atoms with Gasteiger partial charge >= 0.3 is 0 Å². The van der Waals surface area contributed by atoms with E-state index in [1.54, 1.807) is 0 Å². The van der Waals surface area contributed by atoms with Crippen LogP contribution < -0.4 is 5.32 Å². The fraction of sp³-hybridized carbons (Fsp3) is 1.00. The fourth-order valence-corrected chi connectivity index (χ4v) is 4.94. The molecular formula is C14H26N2OS. The van der Waals surface area contributed by atoms with E-state index in [4.69, 9.17) is 4.74 Å². The largest absolute Gasteiger partial charge is 0.375 e. The number of hydrogen-bond donors (Lipinski definition) is 1. The molecule has 1 unspecified atom stereocenters. The molecule has 104 valence electrons. The van der Waals surface area contributed by atoms with E-state index >= 15 is 0 Å². The highest BCUT2D eigenvalue weighted by atomic mass is 32.2.